The molecule has 0 N–H and O–H groups in total. The predicted molar refractivity (Wildman–Crippen MR) is 65.0 cm³/mol. The van der Waals surface area contributed by atoms with Gasteiger partial charge in [-0.3, -0.25) is 4.79 Å². The Morgan fingerprint density at radius 1 is 1.47 bits per heavy atom. The van der Waals surface area contributed by atoms with Crippen molar-refractivity contribution in [3.8, 4) is 11.5 Å². The summed E-state index contributed by atoms with van der Waals surface area (Å²) in [6.07, 6.45) is 2.97. The molecule has 2 heterocycles. The minimum absolute atomic E-state index is 0.194. The average molecular weight is 262 g/mol. The van der Waals surface area contributed by atoms with Crippen LogP contribution in [-0.4, -0.2) is 32.7 Å². The summed E-state index contributed by atoms with van der Waals surface area (Å²) in [6, 6.07) is 1.66. The topological polar surface area (TPSA) is 91.0 Å². The van der Waals surface area contributed by atoms with Gasteiger partial charge in [0.25, 0.3) is 0 Å². The molecule has 7 nitrogen and oxygen atoms in total. The molecule has 0 aliphatic heterocycles. The third-order valence-electron chi connectivity index (χ3n) is 2.56. The van der Waals surface area contributed by atoms with Gasteiger partial charge in [0.15, 0.2) is 0 Å². The summed E-state index contributed by atoms with van der Waals surface area (Å²) in [5.41, 5.74) is -0.460. The highest BCUT2D eigenvalue weighted by atomic mass is 16.5. The van der Waals surface area contributed by atoms with Crippen LogP contribution >= 0.6 is 0 Å². The minimum Gasteiger partial charge on any atom is -0.465 e. The lowest BCUT2D eigenvalue weighted by atomic mass is 9.94. The van der Waals surface area contributed by atoms with Crippen molar-refractivity contribution in [2.45, 2.75) is 26.2 Å². The van der Waals surface area contributed by atoms with Gasteiger partial charge in [0, 0.05) is 6.20 Å². The number of carbonyl (C=O) groups excluding carboxylic acids is 1. The number of esters is 1. The molecule has 0 amide bonds. The summed E-state index contributed by atoms with van der Waals surface area (Å²) < 4.78 is 10.1. The lowest BCUT2D eigenvalue weighted by Gasteiger charge is -2.16. The van der Waals surface area contributed by atoms with Crippen LogP contribution in [0.4, 0.5) is 0 Å². The molecule has 0 fully saturated rings. The molecule has 0 aliphatic carbocycles. The van der Waals surface area contributed by atoms with Crippen LogP contribution in [0.2, 0.25) is 0 Å². The smallest absolute Gasteiger partial charge is 0.321 e. The molecule has 0 atom stereocenters. The second kappa shape index (κ2) is 5.13. The number of rotatable bonds is 4. The van der Waals surface area contributed by atoms with Crippen LogP contribution in [0.3, 0.4) is 0 Å². The Morgan fingerprint density at radius 3 is 2.89 bits per heavy atom. The molecule has 2 aromatic heterocycles. The number of hydrogen-bond acceptors (Lipinski definition) is 7. The molecule has 0 aliphatic rings. The number of aromatic nitrogens is 4. The Bertz CT molecular complexity index is 565. The molecule has 0 aromatic carbocycles. The molecule has 2 rings (SSSR count). The number of carbonyl (C=O) groups is 1. The summed E-state index contributed by atoms with van der Waals surface area (Å²) in [4.78, 5) is 23.8. The number of nitrogens with zero attached hydrogens (tertiary/aromatic N) is 4. The maximum atomic E-state index is 11.8. The van der Waals surface area contributed by atoms with E-state index < -0.39 is 11.4 Å². The highest BCUT2D eigenvalue weighted by Crippen LogP contribution is 2.25. The molecule has 0 radical (unpaired) electrons. The zero-order chi connectivity index (χ0) is 13.9. The Balaban J connectivity index is 2.28. The monoisotopic (exact) mass is 262 g/mol. The number of ether oxygens (including phenoxy) is 1. The van der Waals surface area contributed by atoms with E-state index in [4.69, 9.17) is 9.26 Å². The first-order valence-electron chi connectivity index (χ1n) is 5.83. The molecule has 0 bridgehead atoms. The minimum atomic E-state index is -0.992. The zero-order valence-electron chi connectivity index (χ0n) is 11.0. The van der Waals surface area contributed by atoms with Crippen LogP contribution in [0.25, 0.3) is 11.5 Å². The van der Waals surface area contributed by atoms with Gasteiger partial charge in [0.2, 0.25) is 11.7 Å². The maximum Gasteiger partial charge on any atom is 0.321 e. The lowest BCUT2D eigenvalue weighted by Crippen LogP contribution is -2.31. The first-order chi connectivity index (χ1) is 9.05. The second-order valence-corrected chi connectivity index (χ2v) is 4.36. The van der Waals surface area contributed by atoms with Crippen LogP contribution in [0, 0.1) is 0 Å². The first kappa shape index (κ1) is 13.1. The summed E-state index contributed by atoms with van der Waals surface area (Å²) in [5.74, 6) is 0.0993. The standard InChI is InChI=1S/C12H14N4O3/c1-4-18-11(17)12(2,3)10-15-9(16-19-10)8-5-6-13-7-14-8/h5-7H,4H2,1-3H3. The summed E-state index contributed by atoms with van der Waals surface area (Å²) >= 11 is 0. The van der Waals surface area contributed by atoms with E-state index in [2.05, 4.69) is 20.1 Å². The van der Waals surface area contributed by atoms with Crippen molar-refractivity contribution < 1.29 is 14.1 Å². The summed E-state index contributed by atoms with van der Waals surface area (Å²) in [5, 5.41) is 3.81. The van der Waals surface area contributed by atoms with Crippen LogP contribution in [0.1, 0.15) is 26.7 Å². The van der Waals surface area contributed by atoms with Gasteiger partial charge >= 0.3 is 5.97 Å². The molecule has 2 aromatic rings. The van der Waals surface area contributed by atoms with Gasteiger partial charge in [-0.1, -0.05) is 5.16 Å². The van der Waals surface area contributed by atoms with Crippen LogP contribution in [0.15, 0.2) is 23.1 Å². The van der Waals surface area contributed by atoms with E-state index in [1.165, 1.54) is 6.33 Å². The third kappa shape index (κ3) is 2.59. The Kier molecular flexibility index (Phi) is 3.55. The Hall–Kier alpha value is -2.31. The fourth-order valence-electron chi connectivity index (χ4n) is 1.40. The molecule has 19 heavy (non-hydrogen) atoms. The molecule has 0 saturated heterocycles. The van der Waals surface area contributed by atoms with Crippen molar-refractivity contribution in [3.05, 3.63) is 24.5 Å². The van der Waals surface area contributed by atoms with Gasteiger partial charge in [-0.05, 0) is 26.8 Å². The maximum absolute atomic E-state index is 11.8. The molecule has 0 spiro atoms. The van der Waals surface area contributed by atoms with Crippen molar-refractivity contribution in [1.82, 2.24) is 20.1 Å². The number of hydrogen-bond donors (Lipinski definition) is 0. The van der Waals surface area contributed by atoms with Gasteiger partial charge in [-0.25, -0.2) is 9.97 Å². The Labute approximate surface area is 110 Å². The fraction of sp³-hybridized carbons (Fsp3) is 0.417. The van der Waals surface area contributed by atoms with Crippen molar-refractivity contribution in [3.63, 3.8) is 0 Å². The lowest BCUT2D eigenvalue weighted by molar-refractivity contribution is -0.149. The van der Waals surface area contributed by atoms with E-state index in [-0.39, 0.29) is 5.89 Å². The van der Waals surface area contributed by atoms with Crippen LogP contribution in [-0.2, 0) is 14.9 Å². The molecule has 0 unspecified atom stereocenters. The van der Waals surface area contributed by atoms with E-state index in [0.29, 0.717) is 18.1 Å². The molecular weight excluding hydrogens is 248 g/mol. The van der Waals surface area contributed by atoms with Gasteiger partial charge in [-0.15, -0.1) is 0 Å². The van der Waals surface area contributed by atoms with E-state index in [9.17, 15) is 4.79 Å². The van der Waals surface area contributed by atoms with Gasteiger partial charge in [-0.2, -0.15) is 4.98 Å². The van der Waals surface area contributed by atoms with Crippen molar-refractivity contribution in [2.24, 2.45) is 0 Å². The van der Waals surface area contributed by atoms with Gasteiger partial charge in [0.1, 0.15) is 17.4 Å². The van der Waals surface area contributed by atoms with Crippen LogP contribution < -0.4 is 0 Å². The third-order valence-corrected chi connectivity index (χ3v) is 2.56. The SMILES string of the molecule is CCOC(=O)C(C)(C)c1nc(-c2ccncn2)no1. The van der Waals surface area contributed by atoms with Gasteiger partial charge < -0.3 is 9.26 Å². The Morgan fingerprint density at radius 2 is 2.26 bits per heavy atom. The zero-order valence-corrected chi connectivity index (χ0v) is 11.0. The fourth-order valence-corrected chi connectivity index (χ4v) is 1.40. The highest BCUT2D eigenvalue weighted by Gasteiger charge is 2.37. The molecule has 0 saturated carbocycles. The average Bonchev–Trinajstić information content (AvgIpc) is 2.90. The van der Waals surface area contributed by atoms with Crippen molar-refractivity contribution >= 4 is 5.97 Å². The van der Waals surface area contributed by atoms with Crippen molar-refractivity contribution in [2.75, 3.05) is 6.61 Å². The predicted octanol–water partition coefficient (Wildman–Crippen LogP) is 1.37. The molecule has 100 valence electrons. The highest BCUT2D eigenvalue weighted by molar-refractivity contribution is 5.80. The quantitative estimate of drug-likeness (QED) is 0.768. The second-order valence-electron chi connectivity index (χ2n) is 4.36. The van der Waals surface area contributed by atoms with E-state index in [1.54, 1.807) is 33.0 Å². The van der Waals surface area contributed by atoms with Crippen LogP contribution in [0.5, 0.6) is 0 Å². The van der Waals surface area contributed by atoms with E-state index in [0.717, 1.165) is 0 Å². The molecular formula is C12H14N4O3. The van der Waals surface area contributed by atoms with Gasteiger partial charge in [0.05, 0.1) is 6.61 Å². The molecule has 7 heteroatoms. The normalized spacial score (nSPS) is 11.3. The largest absolute Gasteiger partial charge is 0.465 e. The van der Waals surface area contributed by atoms with E-state index >= 15 is 0 Å². The van der Waals surface area contributed by atoms with Crippen molar-refractivity contribution in [1.29, 1.82) is 0 Å². The van der Waals surface area contributed by atoms with E-state index in [1.807, 2.05) is 0 Å². The summed E-state index contributed by atoms with van der Waals surface area (Å²) in [7, 11) is 0. The first-order valence-corrected chi connectivity index (χ1v) is 5.83. The summed E-state index contributed by atoms with van der Waals surface area (Å²) in [6.45, 7) is 5.38.